The average molecular weight is 303 g/mol. The highest BCUT2D eigenvalue weighted by Crippen LogP contribution is 2.30. The first-order valence-corrected chi connectivity index (χ1v) is 7.90. The number of anilines is 1. The number of rotatable bonds is 6. The number of carbonyl (C=O) groups is 2. The normalized spacial score (nSPS) is 18.0. The van der Waals surface area contributed by atoms with Gasteiger partial charge in [-0.15, -0.1) is 0 Å². The summed E-state index contributed by atoms with van der Waals surface area (Å²) in [5.41, 5.74) is 0.652. The summed E-state index contributed by atoms with van der Waals surface area (Å²) in [5.74, 6) is 0.479. The Labute approximate surface area is 129 Å². The van der Waals surface area contributed by atoms with Crippen LogP contribution in [0.5, 0.6) is 5.88 Å². The van der Waals surface area contributed by atoms with Crippen LogP contribution in [0.4, 0.5) is 5.69 Å². The number of pyridine rings is 1. The molecule has 0 atom stereocenters. The summed E-state index contributed by atoms with van der Waals surface area (Å²) in [4.78, 5) is 27.5. The van der Waals surface area contributed by atoms with Gasteiger partial charge in [0, 0.05) is 18.0 Å². The number of carbonyl (C=O) groups excluding carboxylic acids is 2. The smallest absolute Gasteiger partial charge is 0.258 e. The predicted molar refractivity (Wildman–Crippen MR) is 81.5 cm³/mol. The maximum Gasteiger partial charge on any atom is 0.258 e. The number of amides is 2. The molecule has 1 aromatic rings. The van der Waals surface area contributed by atoms with Crippen molar-refractivity contribution < 1.29 is 14.3 Å². The Bertz CT molecular complexity index is 534. The van der Waals surface area contributed by atoms with E-state index in [1.54, 1.807) is 18.3 Å². The lowest BCUT2D eigenvalue weighted by Gasteiger charge is -2.12. The molecular formula is C16H21N3O3. The van der Waals surface area contributed by atoms with E-state index >= 15 is 0 Å². The van der Waals surface area contributed by atoms with Crippen molar-refractivity contribution in [1.29, 1.82) is 0 Å². The van der Waals surface area contributed by atoms with E-state index < -0.39 is 0 Å². The van der Waals surface area contributed by atoms with Crippen LogP contribution < -0.4 is 15.4 Å². The highest BCUT2D eigenvalue weighted by Gasteiger charge is 2.29. The first-order chi connectivity index (χ1) is 10.7. The summed E-state index contributed by atoms with van der Waals surface area (Å²) in [6.45, 7) is -0.0305. The molecule has 0 bridgehead atoms. The largest absolute Gasteiger partial charge is 0.468 e. The zero-order valence-electron chi connectivity index (χ0n) is 12.5. The van der Waals surface area contributed by atoms with E-state index in [1.165, 1.54) is 12.8 Å². The Morgan fingerprint density at radius 2 is 1.95 bits per heavy atom. The molecule has 6 heteroatoms. The van der Waals surface area contributed by atoms with Gasteiger partial charge < -0.3 is 15.4 Å². The minimum absolute atomic E-state index is 0.0305. The summed E-state index contributed by atoms with van der Waals surface area (Å²) in [6.07, 6.45) is 7.96. The third kappa shape index (κ3) is 4.19. The van der Waals surface area contributed by atoms with Crippen molar-refractivity contribution in [2.45, 2.75) is 44.6 Å². The molecule has 0 aliphatic heterocycles. The highest BCUT2D eigenvalue weighted by atomic mass is 16.5. The second-order valence-electron chi connectivity index (χ2n) is 5.99. The Morgan fingerprint density at radius 1 is 1.18 bits per heavy atom. The minimum Gasteiger partial charge on any atom is -0.468 e. The number of nitrogens with one attached hydrogen (secondary N) is 2. The molecule has 0 unspecified atom stereocenters. The second-order valence-corrected chi connectivity index (χ2v) is 5.99. The summed E-state index contributed by atoms with van der Waals surface area (Å²) in [7, 11) is 0. The summed E-state index contributed by atoms with van der Waals surface area (Å²) < 4.78 is 5.36. The van der Waals surface area contributed by atoms with Crippen LogP contribution in [0.25, 0.3) is 0 Å². The van der Waals surface area contributed by atoms with Gasteiger partial charge in [-0.2, -0.15) is 0 Å². The Hall–Kier alpha value is -2.11. The topological polar surface area (TPSA) is 80.3 Å². The van der Waals surface area contributed by atoms with Crippen LogP contribution in [0.1, 0.15) is 38.5 Å². The summed E-state index contributed by atoms with van der Waals surface area (Å²) in [5, 5.41) is 5.77. The molecule has 2 N–H and O–H groups in total. The molecule has 3 rings (SSSR count). The van der Waals surface area contributed by atoms with Gasteiger partial charge in [0.2, 0.25) is 11.8 Å². The standard InChI is InChI=1S/C16H21N3O3/c20-14(18-12-3-1-2-4-12)10-22-15-8-7-13(9-17-15)19-16(21)11-5-6-11/h7-9,11-12H,1-6,10H2,(H,18,20)(H,19,21). The molecule has 0 saturated heterocycles. The van der Waals surface area contributed by atoms with Crippen molar-refractivity contribution in [3.8, 4) is 5.88 Å². The van der Waals surface area contributed by atoms with Crippen molar-refractivity contribution in [2.24, 2.45) is 5.92 Å². The molecule has 22 heavy (non-hydrogen) atoms. The molecule has 0 radical (unpaired) electrons. The van der Waals surface area contributed by atoms with E-state index in [0.717, 1.165) is 25.7 Å². The van der Waals surface area contributed by atoms with E-state index in [9.17, 15) is 9.59 Å². The Kier molecular flexibility index (Phi) is 4.56. The third-order valence-electron chi connectivity index (χ3n) is 4.02. The zero-order chi connectivity index (χ0) is 15.4. The Morgan fingerprint density at radius 3 is 2.59 bits per heavy atom. The van der Waals surface area contributed by atoms with Crippen molar-refractivity contribution in [3.63, 3.8) is 0 Å². The minimum atomic E-state index is -0.111. The van der Waals surface area contributed by atoms with Gasteiger partial charge in [-0.05, 0) is 31.7 Å². The fourth-order valence-corrected chi connectivity index (χ4v) is 2.61. The fourth-order valence-electron chi connectivity index (χ4n) is 2.61. The van der Waals surface area contributed by atoms with E-state index in [4.69, 9.17) is 4.74 Å². The predicted octanol–water partition coefficient (Wildman–Crippen LogP) is 1.87. The van der Waals surface area contributed by atoms with E-state index in [-0.39, 0.29) is 24.3 Å². The molecule has 0 aromatic carbocycles. The van der Waals surface area contributed by atoms with Gasteiger partial charge in [0.05, 0.1) is 11.9 Å². The number of hydrogen-bond acceptors (Lipinski definition) is 4. The molecular weight excluding hydrogens is 282 g/mol. The van der Waals surface area contributed by atoms with Gasteiger partial charge in [0.15, 0.2) is 6.61 Å². The van der Waals surface area contributed by atoms with Gasteiger partial charge in [0.25, 0.3) is 5.91 Å². The van der Waals surface area contributed by atoms with Gasteiger partial charge in [-0.1, -0.05) is 12.8 Å². The number of nitrogens with zero attached hydrogens (tertiary/aromatic N) is 1. The molecule has 1 aromatic heterocycles. The molecule has 2 fully saturated rings. The van der Waals surface area contributed by atoms with Crippen LogP contribution in [-0.4, -0.2) is 29.4 Å². The fraction of sp³-hybridized carbons (Fsp3) is 0.562. The molecule has 118 valence electrons. The third-order valence-corrected chi connectivity index (χ3v) is 4.02. The maximum absolute atomic E-state index is 11.7. The molecule has 2 saturated carbocycles. The number of aromatic nitrogens is 1. The SMILES string of the molecule is O=C(COc1ccc(NC(=O)C2CC2)cn1)NC1CCCC1. The number of ether oxygens (including phenoxy) is 1. The zero-order valence-corrected chi connectivity index (χ0v) is 12.5. The monoisotopic (exact) mass is 303 g/mol. The van der Waals surface area contributed by atoms with Crippen LogP contribution in [0.15, 0.2) is 18.3 Å². The Balaban J connectivity index is 1.42. The first-order valence-electron chi connectivity index (χ1n) is 7.90. The lowest BCUT2D eigenvalue weighted by Crippen LogP contribution is -2.36. The van der Waals surface area contributed by atoms with E-state index in [1.807, 2.05) is 0 Å². The molecule has 2 amide bonds. The summed E-state index contributed by atoms with van der Waals surface area (Å²) >= 11 is 0. The molecule has 0 spiro atoms. The van der Waals surface area contributed by atoms with Gasteiger partial charge >= 0.3 is 0 Å². The molecule has 6 nitrogen and oxygen atoms in total. The van der Waals surface area contributed by atoms with E-state index in [2.05, 4.69) is 15.6 Å². The lowest BCUT2D eigenvalue weighted by molar-refractivity contribution is -0.123. The van der Waals surface area contributed by atoms with Crippen LogP contribution in [0.3, 0.4) is 0 Å². The van der Waals surface area contributed by atoms with Gasteiger partial charge in [0.1, 0.15) is 0 Å². The summed E-state index contributed by atoms with van der Waals surface area (Å²) in [6, 6.07) is 3.69. The second kappa shape index (κ2) is 6.77. The van der Waals surface area contributed by atoms with Crippen LogP contribution >= 0.6 is 0 Å². The average Bonchev–Trinajstić information content (AvgIpc) is 3.26. The van der Waals surface area contributed by atoms with Crippen LogP contribution in [0.2, 0.25) is 0 Å². The number of hydrogen-bond donors (Lipinski definition) is 2. The van der Waals surface area contributed by atoms with Crippen LogP contribution in [-0.2, 0) is 9.59 Å². The maximum atomic E-state index is 11.7. The highest BCUT2D eigenvalue weighted by molar-refractivity contribution is 5.93. The molecule has 2 aliphatic rings. The van der Waals surface area contributed by atoms with Gasteiger partial charge in [-0.3, -0.25) is 9.59 Å². The quantitative estimate of drug-likeness (QED) is 0.840. The van der Waals surface area contributed by atoms with Gasteiger partial charge in [-0.25, -0.2) is 4.98 Å². The van der Waals surface area contributed by atoms with Crippen molar-refractivity contribution >= 4 is 17.5 Å². The molecule has 2 aliphatic carbocycles. The van der Waals surface area contributed by atoms with E-state index in [0.29, 0.717) is 17.6 Å². The van der Waals surface area contributed by atoms with Crippen LogP contribution in [0, 0.1) is 5.92 Å². The molecule has 1 heterocycles. The lowest BCUT2D eigenvalue weighted by atomic mass is 10.2. The van der Waals surface area contributed by atoms with Crippen molar-refractivity contribution in [3.05, 3.63) is 18.3 Å². The van der Waals surface area contributed by atoms with Crippen molar-refractivity contribution in [1.82, 2.24) is 10.3 Å². The first kappa shape index (κ1) is 14.8. The van der Waals surface area contributed by atoms with Crippen molar-refractivity contribution in [2.75, 3.05) is 11.9 Å².